The molecule has 0 heterocycles. The number of nitrogens with zero attached hydrogens (tertiary/aromatic N) is 2. The van der Waals surface area contributed by atoms with E-state index < -0.39 is 27.0 Å². The fraction of sp³-hybridized carbons (Fsp3) is 0.364. The molecule has 0 radical (unpaired) electrons. The number of carboxylic acids is 1. The van der Waals surface area contributed by atoms with Gasteiger partial charge in [0.15, 0.2) is 0 Å². The lowest BCUT2D eigenvalue weighted by Gasteiger charge is -2.22. The summed E-state index contributed by atoms with van der Waals surface area (Å²) in [7, 11) is -2.97. The molecule has 8 nitrogen and oxygen atoms in total. The van der Waals surface area contributed by atoms with Crippen LogP contribution in [-0.2, 0) is 14.8 Å². The van der Waals surface area contributed by atoms with Gasteiger partial charge in [0.1, 0.15) is 6.04 Å². The third-order valence-corrected chi connectivity index (χ3v) is 4.68. The summed E-state index contributed by atoms with van der Waals surface area (Å²) in [5.41, 5.74) is -0.372. The van der Waals surface area contributed by atoms with Crippen molar-refractivity contribution in [2.45, 2.75) is 24.3 Å². The smallest absolute Gasteiger partial charge is 0.321 e. The first-order valence-corrected chi connectivity index (χ1v) is 7.11. The first kappa shape index (κ1) is 16.1. The first-order chi connectivity index (χ1) is 9.21. The number of benzene rings is 1. The summed E-state index contributed by atoms with van der Waals surface area (Å²) in [6.07, 6.45) is 0.0833. The van der Waals surface area contributed by atoms with E-state index in [1.54, 1.807) is 0 Å². The van der Waals surface area contributed by atoms with Gasteiger partial charge >= 0.3 is 5.97 Å². The molecule has 1 rings (SSSR count). The number of carbonyl (C=O) groups is 1. The molecule has 0 aromatic heterocycles. The van der Waals surface area contributed by atoms with Gasteiger partial charge in [-0.05, 0) is 12.5 Å². The van der Waals surface area contributed by atoms with Crippen molar-refractivity contribution in [1.82, 2.24) is 4.31 Å². The zero-order valence-electron chi connectivity index (χ0n) is 10.9. The maximum Gasteiger partial charge on any atom is 0.321 e. The van der Waals surface area contributed by atoms with Crippen LogP contribution in [0.5, 0.6) is 0 Å². The number of rotatable bonds is 6. The number of non-ortho nitro benzene ring substituents is 1. The zero-order chi connectivity index (χ0) is 15.5. The van der Waals surface area contributed by atoms with E-state index in [1.165, 1.54) is 19.1 Å². The van der Waals surface area contributed by atoms with Crippen molar-refractivity contribution in [2.24, 2.45) is 0 Å². The van der Waals surface area contributed by atoms with Crippen molar-refractivity contribution in [3.05, 3.63) is 34.4 Å². The summed E-state index contributed by atoms with van der Waals surface area (Å²) in [6, 6.07) is 3.27. The minimum atomic E-state index is -4.10. The van der Waals surface area contributed by atoms with Gasteiger partial charge in [-0.1, -0.05) is 13.0 Å². The van der Waals surface area contributed by atoms with Gasteiger partial charge in [0.2, 0.25) is 10.0 Å². The highest BCUT2D eigenvalue weighted by Crippen LogP contribution is 2.22. The molecule has 0 saturated carbocycles. The van der Waals surface area contributed by atoms with E-state index in [1.807, 2.05) is 0 Å². The van der Waals surface area contributed by atoms with Crippen LogP contribution in [-0.4, -0.2) is 41.8 Å². The molecule has 1 N–H and O–H groups in total. The average Bonchev–Trinajstić information content (AvgIpc) is 2.39. The maximum atomic E-state index is 12.3. The Morgan fingerprint density at radius 1 is 1.50 bits per heavy atom. The van der Waals surface area contributed by atoms with E-state index in [-0.39, 0.29) is 17.0 Å². The minimum Gasteiger partial charge on any atom is -0.480 e. The first-order valence-electron chi connectivity index (χ1n) is 5.67. The molecule has 1 aromatic rings. The standard InChI is InChI=1S/C11H14N2O6S/c1-3-10(11(14)15)12(2)20(18,19)9-6-4-5-8(7-9)13(16)17/h4-7,10H,3H2,1-2H3,(H,14,15). The predicted octanol–water partition coefficient (Wildman–Crippen LogP) is 1.08. The van der Waals surface area contributed by atoms with Crippen LogP contribution >= 0.6 is 0 Å². The molecule has 0 fully saturated rings. The largest absolute Gasteiger partial charge is 0.480 e. The van der Waals surface area contributed by atoms with Gasteiger partial charge in [0, 0.05) is 19.2 Å². The lowest BCUT2D eigenvalue weighted by molar-refractivity contribution is -0.385. The van der Waals surface area contributed by atoms with Crippen LogP contribution in [0, 0.1) is 10.1 Å². The molecular weight excluding hydrogens is 288 g/mol. The van der Waals surface area contributed by atoms with Crippen molar-refractivity contribution in [3.63, 3.8) is 0 Å². The molecule has 1 atom stereocenters. The quantitative estimate of drug-likeness (QED) is 0.620. The Kier molecular flexibility index (Phi) is 4.79. The minimum absolute atomic E-state index is 0.0833. The summed E-state index contributed by atoms with van der Waals surface area (Å²) >= 11 is 0. The molecule has 0 aliphatic heterocycles. The highest BCUT2D eigenvalue weighted by Gasteiger charge is 2.32. The molecule has 0 amide bonds. The van der Waals surface area contributed by atoms with Crippen LogP contribution in [0.3, 0.4) is 0 Å². The number of carboxylic acid groups (broad SMARTS) is 1. The second-order valence-corrected chi connectivity index (χ2v) is 6.04. The van der Waals surface area contributed by atoms with Gasteiger partial charge in [-0.15, -0.1) is 0 Å². The summed E-state index contributed by atoms with van der Waals surface area (Å²) < 4.78 is 25.2. The van der Waals surface area contributed by atoms with E-state index in [2.05, 4.69) is 0 Å². The topological polar surface area (TPSA) is 118 Å². The van der Waals surface area contributed by atoms with Crippen molar-refractivity contribution < 1.29 is 23.2 Å². The number of aliphatic carboxylic acids is 1. The second kappa shape index (κ2) is 5.97. The molecule has 110 valence electrons. The Morgan fingerprint density at radius 3 is 2.55 bits per heavy atom. The Balaban J connectivity index is 3.26. The fourth-order valence-electron chi connectivity index (χ4n) is 1.68. The van der Waals surface area contributed by atoms with Crippen LogP contribution in [0.15, 0.2) is 29.2 Å². The SMILES string of the molecule is CCC(C(=O)O)N(C)S(=O)(=O)c1cccc([N+](=O)[O-])c1. The van der Waals surface area contributed by atoms with Gasteiger partial charge < -0.3 is 5.11 Å². The molecule has 0 spiro atoms. The Labute approximate surface area is 115 Å². The molecule has 0 aliphatic carbocycles. The van der Waals surface area contributed by atoms with Crippen LogP contribution in [0.2, 0.25) is 0 Å². The zero-order valence-corrected chi connectivity index (χ0v) is 11.7. The van der Waals surface area contributed by atoms with Crippen molar-refractivity contribution in [2.75, 3.05) is 7.05 Å². The number of hydrogen-bond donors (Lipinski definition) is 1. The molecule has 1 unspecified atom stereocenters. The predicted molar refractivity (Wildman–Crippen MR) is 69.8 cm³/mol. The average molecular weight is 302 g/mol. The monoisotopic (exact) mass is 302 g/mol. The number of likely N-dealkylation sites (N-methyl/N-ethyl adjacent to an activating group) is 1. The van der Waals surface area contributed by atoms with Gasteiger partial charge in [-0.2, -0.15) is 4.31 Å². The van der Waals surface area contributed by atoms with Crippen LogP contribution < -0.4 is 0 Å². The molecule has 20 heavy (non-hydrogen) atoms. The van der Waals surface area contributed by atoms with Crippen molar-refractivity contribution in [1.29, 1.82) is 0 Å². The van der Waals surface area contributed by atoms with Crippen molar-refractivity contribution >= 4 is 21.7 Å². The highest BCUT2D eigenvalue weighted by molar-refractivity contribution is 7.89. The number of nitro benzene ring substituents is 1. The second-order valence-electron chi connectivity index (χ2n) is 4.04. The van der Waals surface area contributed by atoms with E-state index >= 15 is 0 Å². The maximum absolute atomic E-state index is 12.3. The van der Waals surface area contributed by atoms with Crippen LogP contribution in [0.1, 0.15) is 13.3 Å². The third-order valence-electron chi connectivity index (χ3n) is 2.82. The molecule has 0 bridgehead atoms. The Hall–Kier alpha value is -2.00. The molecule has 0 aliphatic rings. The van der Waals surface area contributed by atoms with E-state index in [0.29, 0.717) is 4.31 Å². The fourth-order valence-corrected chi connectivity index (χ4v) is 3.11. The van der Waals surface area contributed by atoms with Gasteiger partial charge in [0.25, 0.3) is 5.69 Å². The number of nitro groups is 1. The number of hydrogen-bond acceptors (Lipinski definition) is 5. The van der Waals surface area contributed by atoms with Gasteiger partial charge in [0.05, 0.1) is 9.82 Å². The molecule has 0 saturated heterocycles. The van der Waals surface area contributed by atoms with E-state index in [0.717, 1.165) is 19.2 Å². The molecule has 9 heteroatoms. The number of sulfonamides is 1. The van der Waals surface area contributed by atoms with E-state index in [4.69, 9.17) is 5.11 Å². The summed E-state index contributed by atoms with van der Waals surface area (Å²) in [5, 5.41) is 19.6. The lowest BCUT2D eigenvalue weighted by atomic mass is 10.2. The van der Waals surface area contributed by atoms with Crippen molar-refractivity contribution in [3.8, 4) is 0 Å². The summed E-state index contributed by atoms with van der Waals surface area (Å²) in [6.45, 7) is 1.54. The van der Waals surface area contributed by atoms with Crippen LogP contribution in [0.4, 0.5) is 5.69 Å². The van der Waals surface area contributed by atoms with Crippen LogP contribution in [0.25, 0.3) is 0 Å². The molecule has 1 aromatic carbocycles. The Bertz CT molecular complexity index is 628. The third kappa shape index (κ3) is 3.11. The van der Waals surface area contributed by atoms with E-state index in [9.17, 15) is 23.3 Å². The van der Waals surface area contributed by atoms with Gasteiger partial charge in [-0.25, -0.2) is 8.42 Å². The summed E-state index contributed by atoms with van der Waals surface area (Å²) in [5.74, 6) is -1.27. The molecular formula is C11H14N2O6S. The van der Waals surface area contributed by atoms with Gasteiger partial charge in [-0.3, -0.25) is 14.9 Å². The summed E-state index contributed by atoms with van der Waals surface area (Å²) in [4.78, 5) is 20.6. The normalized spacial score (nSPS) is 13.2. The Morgan fingerprint density at radius 2 is 2.10 bits per heavy atom. The highest BCUT2D eigenvalue weighted by atomic mass is 32.2. The lowest BCUT2D eigenvalue weighted by Crippen LogP contribution is -2.41.